The minimum Gasteiger partial charge on any atom is -0.272 e. The topological polar surface area (TPSA) is 85.5 Å². The van der Waals surface area contributed by atoms with Crippen molar-refractivity contribution in [2.45, 2.75) is 51.5 Å². The molecule has 0 unspecified atom stereocenters. The molecule has 0 N–H and O–H groups in total. The molecule has 8 nitrogen and oxygen atoms in total. The number of fused-ring (bicyclic) bond motifs is 1. The zero-order valence-electron chi connectivity index (χ0n) is 17.1. The predicted molar refractivity (Wildman–Crippen MR) is 109 cm³/mol. The molecule has 30 heavy (non-hydrogen) atoms. The number of rotatable bonds is 4. The Morgan fingerprint density at radius 1 is 1.17 bits per heavy atom. The van der Waals surface area contributed by atoms with E-state index in [4.69, 9.17) is 4.84 Å². The Hall–Kier alpha value is -2.87. The van der Waals surface area contributed by atoms with E-state index < -0.39 is 0 Å². The third-order valence-electron chi connectivity index (χ3n) is 6.27. The van der Waals surface area contributed by atoms with Crippen LogP contribution in [0.25, 0.3) is 5.65 Å². The summed E-state index contributed by atoms with van der Waals surface area (Å²) in [5.74, 6) is 1.50. The molecule has 156 valence electrons. The SMILES string of the molecule is Cc1nc2ccc(CC3CCC(C(=O)N4OCC[C@H]4c4cnccn4)CC3)cn2n1. The highest BCUT2D eigenvalue weighted by molar-refractivity contribution is 5.78. The van der Waals surface area contributed by atoms with Gasteiger partial charge in [-0.05, 0) is 56.6 Å². The van der Waals surface area contributed by atoms with Gasteiger partial charge in [0.1, 0.15) is 11.9 Å². The quantitative estimate of drug-likeness (QED) is 0.662. The van der Waals surface area contributed by atoms with Crippen LogP contribution in [0.5, 0.6) is 0 Å². The lowest BCUT2D eigenvalue weighted by Gasteiger charge is -2.31. The normalized spacial score (nSPS) is 24.4. The molecule has 1 saturated heterocycles. The number of nitrogens with zero attached hydrogens (tertiary/aromatic N) is 6. The molecule has 8 heteroatoms. The maximum absolute atomic E-state index is 13.1. The van der Waals surface area contributed by atoms with Crippen molar-refractivity contribution >= 4 is 11.6 Å². The second-order valence-corrected chi connectivity index (χ2v) is 8.35. The minimum atomic E-state index is -0.123. The molecule has 0 radical (unpaired) electrons. The number of hydrogen-bond acceptors (Lipinski definition) is 6. The highest BCUT2D eigenvalue weighted by Crippen LogP contribution is 2.36. The fraction of sp³-hybridized carbons (Fsp3) is 0.500. The first kappa shape index (κ1) is 19.1. The van der Waals surface area contributed by atoms with E-state index in [1.807, 2.05) is 17.5 Å². The number of hydrogen-bond donors (Lipinski definition) is 0. The maximum atomic E-state index is 13.1. The molecule has 1 saturated carbocycles. The number of pyridine rings is 1. The standard InChI is InChI=1S/C22H26N6O2/c1-15-25-21-7-4-17(14-27(21)26-15)12-16-2-5-18(6-3-16)22(29)28-20(8-11-30-28)19-13-23-9-10-24-19/h4,7,9-10,13-14,16,18,20H,2-3,5-6,8,11-12H2,1H3/t16?,18?,20-/m0/s1. The summed E-state index contributed by atoms with van der Waals surface area (Å²) >= 11 is 0. The average Bonchev–Trinajstić information content (AvgIpc) is 3.40. The molecule has 1 aliphatic heterocycles. The van der Waals surface area contributed by atoms with Gasteiger partial charge in [-0.15, -0.1) is 0 Å². The highest BCUT2D eigenvalue weighted by Gasteiger charge is 2.37. The van der Waals surface area contributed by atoms with Gasteiger partial charge < -0.3 is 0 Å². The van der Waals surface area contributed by atoms with E-state index in [9.17, 15) is 4.79 Å². The molecule has 0 spiro atoms. The number of hydroxylamine groups is 2. The summed E-state index contributed by atoms with van der Waals surface area (Å²) in [5, 5.41) is 5.98. The van der Waals surface area contributed by atoms with Crippen molar-refractivity contribution in [1.29, 1.82) is 0 Å². The molecule has 2 fully saturated rings. The first-order valence-electron chi connectivity index (χ1n) is 10.7. The number of aryl methyl sites for hydroxylation is 1. The summed E-state index contributed by atoms with van der Waals surface area (Å²) in [6.07, 6.45) is 12.8. The van der Waals surface area contributed by atoms with Crippen LogP contribution in [0.4, 0.5) is 0 Å². The average molecular weight is 406 g/mol. The summed E-state index contributed by atoms with van der Waals surface area (Å²) in [4.78, 5) is 31.7. The van der Waals surface area contributed by atoms with Gasteiger partial charge in [-0.25, -0.2) is 14.6 Å². The molecule has 1 amide bonds. The first-order valence-corrected chi connectivity index (χ1v) is 10.7. The van der Waals surface area contributed by atoms with Gasteiger partial charge in [-0.1, -0.05) is 6.07 Å². The van der Waals surface area contributed by atoms with Crippen molar-refractivity contribution in [3.05, 3.63) is 54.0 Å². The predicted octanol–water partition coefficient (Wildman–Crippen LogP) is 3.08. The number of amides is 1. The fourth-order valence-corrected chi connectivity index (χ4v) is 4.72. The van der Waals surface area contributed by atoms with Gasteiger partial charge in [-0.3, -0.25) is 19.6 Å². The third kappa shape index (κ3) is 3.79. The van der Waals surface area contributed by atoms with Crippen LogP contribution in [0, 0.1) is 18.8 Å². The van der Waals surface area contributed by atoms with Crippen molar-refractivity contribution in [2.75, 3.05) is 6.61 Å². The molecule has 0 aromatic carbocycles. The number of aromatic nitrogens is 5. The largest absolute Gasteiger partial charge is 0.272 e. The van der Waals surface area contributed by atoms with Gasteiger partial charge in [0.15, 0.2) is 5.65 Å². The lowest BCUT2D eigenvalue weighted by Crippen LogP contribution is -2.37. The zero-order valence-corrected chi connectivity index (χ0v) is 17.1. The van der Waals surface area contributed by atoms with Crippen molar-refractivity contribution in [1.82, 2.24) is 29.6 Å². The zero-order chi connectivity index (χ0) is 20.5. The summed E-state index contributed by atoms with van der Waals surface area (Å²) in [7, 11) is 0. The fourth-order valence-electron chi connectivity index (χ4n) is 4.72. The van der Waals surface area contributed by atoms with E-state index in [0.29, 0.717) is 12.5 Å². The molecule has 4 heterocycles. The van der Waals surface area contributed by atoms with E-state index in [1.165, 1.54) is 5.56 Å². The molecule has 1 aliphatic carbocycles. The van der Waals surface area contributed by atoms with Crippen molar-refractivity contribution in [3.63, 3.8) is 0 Å². The van der Waals surface area contributed by atoms with Gasteiger partial charge in [0.05, 0.1) is 18.5 Å². The minimum absolute atomic E-state index is 0.0268. The Bertz CT molecular complexity index is 1030. The first-order chi connectivity index (χ1) is 14.7. The lowest BCUT2D eigenvalue weighted by atomic mass is 9.79. The lowest BCUT2D eigenvalue weighted by molar-refractivity contribution is -0.183. The summed E-state index contributed by atoms with van der Waals surface area (Å²) in [6.45, 7) is 2.45. The van der Waals surface area contributed by atoms with Crippen molar-refractivity contribution < 1.29 is 9.63 Å². The van der Waals surface area contributed by atoms with Crippen LogP contribution >= 0.6 is 0 Å². The molecule has 2 aliphatic rings. The van der Waals surface area contributed by atoms with Crippen LogP contribution in [-0.2, 0) is 16.1 Å². The molecular formula is C22H26N6O2. The van der Waals surface area contributed by atoms with Crippen LogP contribution in [0.3, 0.4) is 0 Å². The Labute approximate surface area is 175 Å². The van der Waals surface area contributed by atoms with Crippen molar-refractivity contribution in [2.24, 2.45) is 11.8 Å². The Balaban J connectivity index is 1.19. The van der Waals surface area contributed by atoms with E-state index in [-0.39, 0.29) is 17.9 Å². The summed E-state index contributed by atoms with van der Waals surface area (Å²) in [6, 6.07) is 4.05. The monoisotopic (exact) mass is 406 g/mol. The van der Waals surface area contributed by atoms with E-state index in [1.54, 1.807) is 23.7 Å². The maximum Gasteiger partial charge on any atom is 0.249 e. The van der Waals surface area contributed by atoms with Crippen LogP contribution in [0.15, 0.2) is 36.9 Å². The Morgan fingerprint density at radius 3 is 2.83 bits per heavy atom. The van der Waals surface area contributed by atoms with Gasteiger partial charge in [0.2, 0.25) is 5.91 Å². The highest BCUT2D eigenvalue weighted by atomic mass is 16.7. The van der Waals surface area contributed by atoms with E-state index in [0.717, 1.165) is 55.7 Å². The molecule has 3 aromatic rings. The van der Waals surface area contributed by atoms with Crippen LogP contribution < -0.4 is 0 Å². The molecule has 0 bridgehead atoms. The van der Waals surface area contributed by atoms with Crippen LogP contribution in [0.2, 0.25) is 0 Å². The van der Waals surface area contributed by atoms with Gasteiger partial charge >= 0.3 is 0 Å². The van der Waals surface area contributed by atoms with E-state index >= 15 is 0 Å². The molecule has 1 atom stereocenters. The third-order valence-corrected chi connectivity index (χ3v) is 6.27. The van der Waals surface area contributed by atoms with Gasteiger partial charge in [0.25, 0.3) is 0 Å². The van der Waals surface area contributed by atoms with Crippen LogP contribution in [-0.4, -0.2) is 42.1 Å². The second-order valence-electron chi connectivity index (χ2n) is 8.35. The van der Waals surface area contributed by atoms with Gasteiger partial charge in [-0.2, -0.15) is 5.10 Å². The molecule has 3 aromatic heterocycles. The van der Waals surface area contributed by atoms with E-state index in [2.05, 4.69) is 32.3 Å². The summed E-state index contributed by atoms with van der Waals surface area (Å²) in [5.41, 5.74) is 2.96. The molecule has 5 rings (SSSR count). The second kappa shape index (κ2) is 8.10. The Kier molecular flexibility index (Phi) is 5.16. The Morgan fingerprint density at radius 2 is 2.03 bits per heavy atom. The number of carbonyl (C=O) groups is 1. The van der Waals surface area contributed by atoms with Crippen molar-refractivity contribution in [3.8, 4) is 0 Å². The smallest absolute Gasteiger partial charge is 0.249 e. The summed E-state index contributed by atoms with van der Waals surface area (Å²) < 4.78 is 1.86. The van der Waals surface area contributed by atoms with Gasteiger partial charge in [0, 0.05) is 30.9 Å². The molecular weight excluding hydrogens is 380 g/mol. The van der Waals surface area contributed by atoms with Crippen LogP contribution in [0.1, 0.15) is 55.2 Å². The number of carbonyl (C=O) groups excluding carboxylic acids is 1.